The van der Waals surface area contributed by atoms with Gasteiger partial charge >= 0.3 is 6.05 Å². The lowest BCUT2D eigenvalue weighted by atomic mass is 10.2. The average Bonchev–Trinajstić information content (AvgIpc) is 2.04. The molecular formula is C8H6F3NS. The molecule has 0 aromatic heterocycles. The van der Waals surface area contributed by atoms with Crippen molar-refractivity contribution in [2.24, 2.45) is 0 Å². The van der Waals surface area contributed by atoms with Crippen LogP contribution in [0.4, 0.5) is 13.2 Å². The van der Waals surface area contributed by atoms with Crippen LogP contribution in [0, 0.1) is 5.82 Å². The van der Waals surface area contributed by atoms with Gasteiger partial charge in [0.1, 0.15) is 5.82 Å². The van der Waals surface area contributed by atoms with Gasteiger partial charge < -0.3 is 5.32 Å². The Labute approximate surface area is 78.6 Å². The molecule has 0 fully saturated rings. The molecule has 1 nitrogen and oxygen atoms in total. The van der Waals surface area contributed by atoms with Crippen molar-refractivity contribution in [2.75, 3.05) is 0 Å². The molecule has 0 amide bonds. The second-order valence-corrected chi connectivity index (χ2v) is 2.55. The molecule has 0 saturated heterocycles. The largest absolute Gasteiger partial charge is 0.353 e. The molecule has 0 aliphatic carbocycles. The summed E-state index contributed by atoms with van der Waals surface area (Å²) in [6.45, 7) is 0. The van der Waals surface area contributed by atoms with Crippen LogP contribution in [-0.2, 0) is 6.05 Å². The van der Waals surface area contributed by atoms with Gasteiger partial charge in [-0.15, -0.1) is 0 Å². The summed E-state index contributed by atoms with van der Waals surface area (Å²) in [6.07, 6.45) is 0. The van der Waals surface area contributed by atoms with Gasteiger partial charge in [0.05, 0.1) is 11.1 Å². The van der Waals surface area contributed by atoms with Crippen LogP contribution in [0.3, 0.4) is 0 Å². The van der Waals surface area contributed by atoms with Crippen molar-refractivity contribution in [1.29, 1.82) is 0 Å². The van der Waals surface area contributed by atoms with Gasteiger partial charge in [0.2, 0.25) is 0 Å². The van der Waals surface area contributed by atoms with E-state index in [9.17, 15) is 13.2 Å². The standard InChI is InChI=1S/C8H6F3NS/c9-7-4-2-1-3-6(7)8(10,11)12-5-13/h1-5H,(H,12,13). The van der Waals surface area contributed by atoms with E-state index >= 15 is 0 Å². The molecule has 0 saturated carbocycles. The quantitative estimate of drug-likeness (QED) is 0.600. The Morgan fingerprint density at radius 3 is 2.46 bits per heavy atom. The molecule has 1 N–H and O–H groups in total. The third-order valence-corrected chi connectivity index (χ3v) is 1.57. The van der Waals surface area contributed by atoms with Gasteiger partial charge in [0.25, 0.3) is 0 Å². The molecule has 0 radical (unpaired) electrons. The van der Waals surface area contributed by atoms with Crippen LogP contribution in [0.2, 0.25) is 0 Å². The van der Waals surface area contributed by atoms with E-state index in [0.717, 1.165) is 12.1 Å². The number of thiocarbonyl (C=S) groups is 1. The van der Waals surface area contributed by atoms with Crippen molar-refractivity contribution in [3.05, 3.63) is 35.6 Å². The van der Waals surface area contributed by atoms with E-state index in [4.69, 9.17) is 0 Å². The zero-order chi connectivity index (χ0) is 9.90. The SMILES string of the molecule is Fc1ccccc1C(F)(F)NC=S. The average molecular weight is 205 g/mol. The first-order valence-electron chi connectivity index (χ1n) is 3.42. The molecule has 1 aromatic carbocycles. The van der Waals surface area contributed by atoms with Crippen molar-refractivity contribution in [2.45, 2.75) is 6.05 Å². The molecule has 70 valence electrons. The lowest BCUT2D eigenvalue weighted by molar-refractivity contribution is -0.0223. The number of hydrogen-bond acceptors (Lipinski definition) is 1. The minimum atomic E-state index is -3.45. The Morgan fingerprint density at radius 1 is 1.31 bits per heavy atom. The van der Waals surface area contributed by atoms with E-state index in [1.54, 1.807) is 5.32 Å². The van der Waals surface area contributed by atoms with Crippen LogP contribution in [0.5, 0.6) is 0 Å². The molecule has 0 aliphatic rings. The van der Waals surface area contributed by atoms with Crippen LogP contribution >= 0.6 is 12.2 Å². The van der Waals surface area contributed by atoms with Crippen molar-refractivity contribution in [1.82, 2.24) is 5.32 Å². The van der Waals surface area contributed by atoms with Gasteiger partial charge in [-0.2, -0.15) is 8.78 Å². The zero-order valence-electron chi connectivity index (χ0n) is 6.43. The minimum absolute atomic E-state index is 0.659. The second kappa shape index (κ2) is 3.74. The number of alkyl halides is 2. The van der Waals surface area contributed by atoms with E-state index in [1.165, 1.54) is 12.1 Å². The van der Waals surface area contributed by atoms with Crippen LogP contribution in [0.25, 0.3) is 0 Å². The Bertz CT molecular complexity index is 314. The molecule has 0 unspecified atom stereocenters. The van der Waals surface area contributed by atoms with Crippen molar-refractivity contribution >= 4 is 17.7 Å². The molecule has 0 heterocycles. The summed E-state index contributed by atoms with van der Waals surface area (Å²) in [7, 11) is 0. The number of halogens is 3. The molecule has 1 aromatic rings. The van der Waals surface area contributed by atoms with Gasteiger partial charge in [0.15, 0.2) is 0 Å². The Hall–Kier alpha value is -1.10. The van der Waals surface area contributed by atoms with Crippen LogP contribution in [-0.4, -0.2) is 5.49 Å². The third kappa shape index (κ3) is 2.18. The summed E-state index contributed by atoms with van der Waals surface area (Å²) >= 11 is 4.20. The molecule has 0 spiro atoms. The van der Waals surface area contributed by atoms with E-state index < -0.39 is 17.4 Å². The van der Waals surface area contributed by atoms with Gasteiger partial charge in [-0.3, -0.25) is 0 Å². The number of rotatable bonds is 3. The monoisotopic (exact) mass is 205 g/mol. The van der Waals surface area contributed by atoms with Crippen LogP contribution in [0.15, 0.2) is 24.3 Å². The summed E-state index contributed by atoms with van der Waals surface area (Å²) in [5, 5.41) is 1.60. The molecule has 0 aliphatic heterocycles. The highest BCUT2D eigenvalue weighted by molar-refractivity contribution is 7.78. The first kappa shape index (κ1) is 9.98. The molecular weight excluding hydrogens is 199 g/mol. The minimum Gasteiger partial charge on any atom is -0.320 e. The molecule has 1 rings (SSSR count). The first-order chi connectivity index (χ1) is 6.08. The Balaban J connectivity index is 3.06. The summed E-state index contributed by atoms with van der Waals surface area (Å²) < 4.78 is 38.8. The topological polar surface area (TPSA) is 12.0 Å². The zero-order valence-corrected chi connectivity index (χ0v) is 7.25. The third-order valence-electron chi connectivity index (χ3n) is 1.45. The normalized spacial score (nSPS) is 11.0. The predicted octanol–water partition coefficient (Wildman–Crippen LogP) is 2.42. The van der Waals surface area contributed by atoms with Gasteiger partial charge in [-0.05, 0) is 12.1 Å². The Morgan fingerprint density at radius 2 is 1.92 bits per heavy atom. The number of nitrogens with one attached hydrogen (secondary N) is 1. The van der Waals surface area contributed by atoms with E-state index in [-0.39, 0.29) is 0 Å². The molecule has 5 heteroatoms. The highest BCUT2D eigenvalue weighted by Crippen LogP contribution is 2.26. The molecule has 13 heavy (non-hydrogen) atoms. The maximum absolute atomic E-state index is 13.0. The van der Waals surface area contributed by atoms with E-state index in [1.807, 2.05) is 0 Å². The molecule has 0 bridgehead atoms. The summed E-state index contributed by atoms with van der Waals surface area (Å²) in [4.78, 5) is 0. The fourth-order valence-electron chi connectivity index (χ4n) is 0.868. The summed E-state index contributed by atoms with van der Waals surface area (Å²) in [5.74, 6) is -0.961. The van der Waals surface area contributed by atoms with E-state index in [0.29, 0.717) is 5.49 Å². The summed E-state index contributed by atoms with van der Waals surface area (Å²) in [5.41, 5.74) is -0.0528. The fourth-order valence-corrected chi connectivity index (χ4v) is 1.02. The van der Waals surface area contributed by atoms with Gasteiger partial charge in [-0.1, -0.05) is 24.4 Å². The lowest BCUT2D eigenvalue weighted by Crippen LogP contribution is -2.32. The fraction of sp³-hybridized carbons (Fsp3) is 0.125. The van der Waals surface area contributed by atoms with Crippen molar-refractivity contribution in [3.63, 3.8) is 0 Å². The highest BCUT2D eigenvalue weighted by atomic mass is 32.1. The number of hydrogen-bond donors (Lipinski definition) is 1. The predicted molar refractivity (Wildman–Crippen MR) is 47.1 cm³/mol. The first-order valence-corrected chi connectivity index (χ1v) is 3.89. The second-order valence-electron chi connectivity index (χ2n) is 2.32. The smallest absolute Gasteiger partial charge is 0.320 e. The Kier molecular flexibility index (Phi) is 2.87. The molecule has 0 atom stereocenters. The van der Waals surface area contributed by atoms with Gasteiger partial charge in [0, 0.05) is 0 Å². The van der Waals surface area contributed by atoms with Crippen molar-refractivity contribution in [3.8, 4) is 0 Å². The summed E-state index contributed by atoms with van der Waals surface area (Å²) in [6, 6.07) is 1.19. The van der Waals surface area contributed by atoms with Crippen LogP contribution in [0.1, 0.15) is 5.56 Å². The van der Waals surface area contributed by atoms with E-state index in [2.05, 4.69) is 12.2 Å². The highest BCUT2D eigenvalue weighted by Gasteiger charge is 2.32. The number of benzene rings is 1. The lowest BCUT2D eigenvalue weighted by Gasteiger charge is -2.16. The maximum atomic E-state index is 13.0. The maximum Gasteiger partial charge on any atom is 0.353 e. The van der Waals surface area contributed by atoms with Crippen molar-refractivity contribution < 1.29 is 13.2 Å². The van der Waals surface area contributed by atoms with Crippen LogP contribution < -0.4 is 5.32 Å². The van der Waals surface area contributed by atoms with Gasteiger partial charge in [-0.25, -0.2) is 4.39 Å².